The SMILES string of the molecule is CC1(C)C(=O)ON(CCc2ccccc2)C1=O. The Labute approximate surface area is 100 Å². The number of carbonyl (C=O) groups excluding carboxylic acids is 2. The fraction of sp³-hybridized carbons (Fsp3) is 0.385. The molecule has 1 amide bonds. The molecule has 4 heteroatoms. The van der Waals surface area contributed by atoms with Crippen LogP contribution in [0.3, 0.4) is 0 Å². The maximum atomic E-state index is 11.8. The summed E-state index contributed by atoms with van der Waals surface area (Å²) >= 11 is 0. The van der Waals surface area contributed by atoms with Crippen LogP contribution in [-0.2, 0) is 20.8 Å². The second-order valence-electron chi connectivity index (χ2n) is 4.65. The first kappa shape index (κ1) is 11.6. The van der Waals surface area contributed by atoms with Crippen molar-refractivity contribution in [2.24, 2.45) is 5.41 Å². The normalized spacial score (nSPS) is 18.4. The van der Waals surface area contributed by atoms with Crippen LogP contribution in [0.4, 0.5) is 0 Å². The molecule has 0 aromatic heterocycles. The average Bonchev–Trinajstić information content (AvgIpc) is 2.52. The Hall–Kier alpha value is -1.84. The summed E-state index contributed by atoms with van der Waals surface area (Å²) in [5, 5.41) is 1.16. The van der Waals surface area contributed by atoms with Gasteiger partial charge in [-0.3, -0.25) is 4.79 Å². The van der Waals surface area contributed by atoms with Gasteiger partial charge in [0.15, 0.2) is 0 Å². The maximum Gasteiger partial charge on any atom is 0.347 e. The fourth-order valence-electron chi connectivity index (χ4n) is 1.68. The summed E-state index contributed by atoms with van der Waals surface area (Å²) in [6.07, 6.45) is 0.677. The highest BCUT2D eigenvalue weighted by Gasteiger charge is 2.49. The Morgan fingerprint density at radius 2 is 1.82 bits per heavy atom. The number of rotatable bonds is 3. The Balaban J connectivity index is 1.98. The van der Waals surface area contributed by atoms with Crippen molar-refractivity contribution in [3.8, 4) is 0 Å². The quantitative estimate of drug-likeness (QED) is 0.744. The molecule has 17 heavy (non-hydrogen) atoms. The van der Waals surface area contributed by atoms with Gasteiger partial charge in [0, 0.05) is 0 Å². The van der Waals surface area contributed by atoms with Crippen LogP contribution in [-0.4, -0.2) is 23.5 Å². The van der Waals surface area contributed by atoms with E-state index in [0.29, 0.717) is 13.0 Å². The minimum Gasteiger partial charge on any atom is -0.337 e. The van der Waals surface area contributed by atoms with Gasteiger partial charge in [0.2, 0.25) is 0 Å². The highest BCUT2D eigenvalue weighted by Crippen LogP contribution is 2.28. The van der Waals surface area contributed by atoms with Gasteiger partial charge in [-0.15, -0.1) is 0 Å². The molecule has 0 N–H and O–H groups in total. The van der Waals surface area contributed by atoms with Crippen molar-refractivity contribution in [1.82, 2.24) is 5.06 Å². The van der Waals surface area contributed by atoms with Crippen LogP contribution in [0.2, 0.25) is 0 Å². The van der Waals surface area contributed by atoms with E-state index in [1.807, 2.05) is 30.3 Å². The minimum atomic E-state index is -1.04. The summed E-state index contributed by atoms with van der Waals surface area (Å²) in [6, 6.07) is 9.78. The first-order valence-electron chi connectivity index (χ1n) is 5.60. The van der Waals surface area contributed by atoms with Crippen LogP contribution in [0.5, 0.6) is 0 Å². The molecule has 1 heterocycles. The molecule has 1 saturated heterocycles. The third kappa shape index (κ3) is 2.16. The highest BCUT2D eigenvalue weighted by molar-refractivity contribution is 6.05. The van der Waals surface area contributed by atoms with Gasteiger partial charge in [-0.05, 0) is 25.8 Å². The van der Waals surface area contributed by atoms with Crippen LogP contribution in [0, 0.1) is 5.41 Å². The zero-order chi connectivity index (χ0) is 12.5. The second kappa shape index (κ2) is 4.20. The monoisotopic (exact) mass is 233 g/mol. The summed E-state index contributed by atoms with van der Waals surface area (Å²) in [7, 11) is 0. The molecule has 2 rings (SSSR count). The van der Waals surface area contributed by atoms with E-state index in [9.17, 15) is 9.59 Å². The number of amides is 1. The molecular formula is C13H15NO3. The minimum absolute atomic E-state index is 0.265. The third-order valence-electron chi connectivity index (χ3n) is 2.91. The lowest BCUT2D eigenvalue weighted by atomic mass is 9.94. The molecule has 1 aliphatic heterocycles. The lowest BCUT2D eigenvalue weighted by Gasteiger charge is -2.13. The van der Waals surface area contributed by atoms with Gasteiger partial charge in [0.05, 0.1) is 6.54 Å². The number of carbonyl (C=O) groups is 2. The van der Waals surface area contributed by atoms with Crippen molar-refractivity contribution in [3.05, 3.63) is 35.9 Å². The molecule has 0 aliphatic carbocycles. The largest absolute Gasteiger partial charge is 0.347 e. The Morgan fingerprint density at radius 1 is 1.18 bits per heavy atom. The van der Waals surface area contributed by atoms with Crippen molar-refractivity contribution in [3.63, 3.8) is 0 Å². The van der Waals surface area contributed by atoms with E-state index in [0.717, 1.165) is 10.6 Å². The molecule has 90 valence electrons. The topological polar surface area (TPSA) is 46.6 Å². The molecule has 0 spiro atoms. The molecule has 1 aliphatic rings. The van der Waals surface area contributed by atoms with Gasteiger partial charge in [-0.1, -0.05) is 30.3 Å². The van der Waals surface area contributed by atoms with Crippen LogP contribution in [0.15, 0.2) is 30.3 Å². The van der Waals surface area contributed by atoms with Gasteiger partial charge < -0.3 is 4.84 Å². The van der Waals surface area contributed by atoms with Crippen LogP contribution < -0.4 is 0 Å². The number of nitrogens with zero attached hydrogens (tertiary/aromatic N) is 1. The smallest absolute Gasteiger partial charge is 0.337 e. The number of hydrogen-bond acceptors (Lipinski definition) is 3. The van der Waals surface area contributed by atoms with E-state index in [-0.39, 0.29) is 5.91 Å². The molecule has 0 bridgehead atoms. The molecule has 0 radical (unpaired) electrons. The molecule has 0 atom stereocenters. The van der Waals surface area contributed by atoms with Crippen molar-refractivity contribution >= 4 is 11.9 Å². The summed E-state index contributed by atoms with van der Waals surface area (Å²) in [5.74, 6) is -0.742. The standard InChI is InChI=1S/C13H15NO3/c1-13(2)11(15)14(17-12(13)16)9-8-10-6-4-3-5-7-10/h3-7H,8-9H2,1-2H3. The van der Waals surface area contributed by atoms with Crippen LogP contribution in [0.1, 0.15) is 19.4 Å². The van der Waals surface area contributed by atoms with E-state index < -0.39 is 11.4 Å². The van der Waals surface area contributed by atoms with Gasteiger partial charge in [0.1, 0.15) is 5.41 Å². The predicted molar refractivity (Wildman–Crippen MR) is 61.7 cm³/mol. The van der Waals surface area contributed by atoms with E-state index in [1.54, 1.807) is 13.8 Å². The Kier molecular flexibility index (Phi) is 2.88. The number of hydrogen-bond donors (Lipinski definition) is 0. The summed E-state index contributed by atoms with van der Waals surface area (Å²) < 4.78 is 0. The first-order chi connectivity index (χ1) is 8.01. The zero-order valence-electron chi connectivity index (χ0n) is 9.97. The van der Waals surface area contributed by atoms with Gasteiger partial charge in [-0.2, -0.15) is 5.06 Å². The van der Waals surface area contributed by atoms with Gasteiger partial charge in [0.25, 0.3) is 5.91 Å². The molecule has 4 nitrogen and oxygen atoms in total. The molecule has 1 aromatic rings. The van der Waals surface area contributed by atoms with E-state index in [4.69, 9.17) is 4.84 Å². The number of hydroxylamine groups is 2. The van der Waals surface area contributed by atoms with Crippen molar-refractivity contribution in [2.75, 3.05) is 6.54 Å². The van der Waals surface area contributed by atoms with Gasteiger partial charge >= 0.3 is 5.97 Å². The third-order valence-corrected chi connectivity index (χ3v) is 2.91. The van der Waals surface area contributed by atoms with Crippen molar-refractivity contribution in [2.45, 2.75) is 20.3 Å². The highest BCUT2D eigenvalue weighted by atomic mass is 16.7. The fourth-order valence-corrected chi connectivity index (χ4v) is 1.68. The summed E-state index contributed by atoms with van der Waals surface area (Å²) in [4.78, 5) is 28.2. The molecule has 1 aromatic carbocycles. The molecular weight excluding hydrogens is 218 g/mol. The lowest BCUT2D eigenvalue weighted by Crippen LogP contribution is -2.32. The van der Waals surface area contributed by atoms with E-state index in [2.05, 4.69) is 0 Å². The molecule has 0 saturated carbocycles. The van der Waals surface area contributed by atoms with Crippen molar-refractivity contribution < 1.29 is 14.4 Å². The number of benzene rings is 1. The Morgan fingerprint density at radius 3 is 2.35 bits per heavy atom. The summed E-state index contributed by atoms with van der Waals surface area (Å²) in [6.45, 7) is 3.57. The second-order valence-corrected chi connectivity index (χ2v) is 4.65. The van der Waals surface area contributed by atoms with Crippen LogP contribution >= 0.6 is 0 Å². The zero-order valence-corrected chi connectivity index (χ0v) is 9.97. The molecule has 1 fully saturated rings. The summed E-state index contributed by atoms with van der Waals surface area (Å²) in [5.41, 5.74) is 0.0671. The van der Waals surface area contributed by atoms with Crippen LogP contribution in [0.25, 0.3) is 0 Å². The lowest BCUT2D eigenvalue weighted by molar-refractivity contribution is -0.178. The van der Waals surface area contributed by atoms with E-state index >= 15 is 0 Å². The van der Waals surface area contributed by atoms with Gasteiger partial charge in [-0.25, -0.2) is 4.79 Å². The predicted octanol–water partition coefficient (Wildman–Crippen LogP) is 1.56. The average molecular weight is 233 g/mol. The maximum absolute atomic E-state index is 11.8. The Bertz CT molecular complexity index is 439. The van der Waals surface area contributed by atoms with E-state index in [1.165, 1.54) is 0 Å². The molecule has 0 unspecified atom stereocenters. The first-order valence-corrected chi connectivity index (χ1v) is 5.60. The van der Waals surface area contributed by atoms with Crippen molar-refractivity contribution in [1.29, 1.82) is 0 Å².